The summed E-state index contributed by atoms with van der Waals surface area (Å²) in [7, 11) is -3.22. The maximum Gasteiger partial charge on any atom is 0.175 e. The third kappa shape index (κ3) is 4.18. The van der Waals surface area contributed by atoms with E-state index < -0.39 is 15.7 Å². The first-order valence-corrected chi connectivity index (χ1v) is 10.8. The van der Waals surface area contributed by atoms with E-state index in [0.29, 0.717) is 4.90 Å². The van der Waals surface area contributed by atoms with Crippen molar-refractivity contribution in [2.24, 2.45) is 5.41 Å². The van der Waals surface area contributed by atoms with Crippen molar-refractivity contribution >= 4 is 32.6 Å². The van der Waals surface area contributed by atoms with Crippen LogP contribution < -0.4 is 0 Å². The van der Waals surface area contributed by atoms with E-state index in [4.69, 9.17) is 11.6 Å². The van der Waals surface area contributed by atoms with E-state index >= 15 is 0 Å². The van der Waals surface area contributed by atoms with Crippen molar-refractivity contribution in [3.05, 3.63) is 64.4 Å². The lowest BCUT2D eigenvalue weighted by Crippen LogP contribution is -2.00. The van der Waals surface area contributed by atoms with Crippen molar-refractivity contribution in [3.63, 3.8) is 0 Å². The monoisotopic (exact) mass is 392 g/mol. The predicted molar refractivity (Wildman–Crippen MR) is 105 cm³/mol. The third-order valence-corrected chi connectivity index (χ3v) is 6.56. The largest absolute Gasteiger partial charge is 0.224 e. The second kappa shape index (κ2) is 6.82. The van der Waals surface area contributed by atoms with Crippen LogP contribution in [0.3, 0.4) is 0 Å². The number of halogens is 2. The molecule has 1 saturated carbocycles. The Balaban J connectivity index is 2.07. The van der Waals surface area contributed by atoms with Gasteiger partial charge >= 0.3 is 0 Å². The number of sulfone groups is 1. The number of rotatable bonds is 5. The van der Waals surface area contributed by atoms with E-state index in [1.165, 1.54) is 25.2 Å². The number of allylic oxidation sites excluding steroid dienone is 2. The molecule has 0 radical (unpaired) electrons. The molecule has 2 nitrogen and oxygen atoms in total. The van der Waals surface area contributed by atoms with E-state index in [-0.39, 0.29) is 10.4 Å². The van der Waals surface area contributed by atoms with E-state index in [1.54, 1.807) is 24.3 Å². The van der Waals surface area contributed by atoms with Gasteiger partial charge in [0.25, 0.3) is 0 Å². The molecule has 0 N–H and O–H groups in total. The average molecular weight is 393 g/mol. The summed E-state index contributed by atoms with van der Waals surface area (Å²) in [6.07, 6.45) is 4.43. The molecule has 138 valence electrons. The van der Waals surface area contributed by atoms with Crippen LogP contribution in [0.5, 0.6) is 0 Å². The van der Waals surface area contributed by atoms with Gasteiger partial charge in [-0.2, -0.15) is 0 Å². The SMILES string of the molecule is C/C(=C(\CC1(C)CC1)c1ccc(F)c(Cl)c1)c1ccc(S(C)(=O)=O)cc1. The second-order valence-corrected chi connectivity index (χ2v) is 9.94. The van der Waals surface area contributed by atoms with Crippen LogP contribution in [0.1, 0.15) is 44.2 Å². The minimum Gasteiger partial charge on any atom is -0.224 e. The van der Waals surface area contributed by atoms with Gasteiger partial charge in [0.1, 0.15) is 5.82 Å². The molecule has 0 spiro atoms. The van der Waals surface area contributed by atoms with Gasteiger partial charge in [-0.15, -0.1) is 0 Å². The highest BCUT2D eigenvalue weighted by Gasteiger charge is 2.38. The highest BCUT2D eigenvalue weighted by molar-refractivity contribution is 7.90. The topological polar surface area (TPSA) is 34.1 Å². The molecule has 0 aliphatic heterocycles. The maximum atomic E-state index is 13.6. The first-order valence-electron chi connectivity index (χ1n) is 8.55. The molecule has 0 atom stereocenters. The van der Waals surface area contributed by atoms with Gasteiger partial charge in [0, 0.05) is 6.26 Å². The zero-order valence-electron chi connectivity index (χ0n) is 15.1. The third-order valence-electron chi connectivity index (χ3n) is 5.14. The fraction of sp³-hybridized carbons (Fsp3) is 0.333. The molecule has 0 aromatic heterocycles. The van der Waals surface area contributed by atoms with Crippen molar-refractivity contribution in [2.45, 2.75) is 38.0 Å². The van der Waals surface area contributed by atoms with Gasteiger partial charge in [0.05, 0.1) is 9.92 Å². The van der Waals surface area contributed by atoms with Crippen molar-refractivity contribution in [3.8, 4) is 0 Å². The summed E-state index contributed by atoms with van der Waals surface area (Å²) >= 11 is 6.00. The number of benzene rings is 2. The normalized spacial score (nSPS) is 17.0. The Morgan fingerprint density at radius 2 is 1.69 bits per heavy atom. The first-order chi connectivity index (χ1) is 12.1. The van der Waals surface area contributed by atoms with Crippen LogP contribution in [0.2, 0.25) is 5.02 Å². The van der Waals surface area contributed by atoms with Gasteiger partial charge in [-0.25, -0.2) is 12.8 Å². The van der Waals surface area contributed by atoms with Gasteiger partial charge < -0.3 is 0 Å². The Labute approximate surface area is 159 Å². The molecule has 3 rings (SSSR count). The lowest BCUT2D eigenvalue weighted by molar-refractivity contribution is 0.594. The smallest absolute Gasteiger partial charge is 0.175 e. The molecule has 26 heavy (non-hydrogen) atoms. The molecule has 2 aromatic rings. The Morgan fingerprint density at radius 3 is 2.19 bits per heavy atom. The fourth-order valence-electron chi connectivity index (χ4n) is 3.08. The molecule has 0 heterocycles. The van der Waals surface area contributed by atoms with Gasteiger partial charge in [-0.05, 0) is 78.1 Å². The zero-order chi connectivity index (χ0) is 19.1. The van der Waals surface area contributed by atoms with Gasteiger partial charge in [-0.1, -0.05) is 36.7 Å². The summed E-state index contributed by atoms with van der Waals surface area (Å²) in [4.78, 5) is 0.301. The van der Waals surface area contributed by atoms with Gasteiger partial charge in [0.15, 0.2) is 9.84 Å². The molecule has 5 heteroatoms. The minimum atomic E-state index is -3.22. The molecule has 2 aromatic carbocycles. The van der Waals surface area contributed by atoms with Crippen molar-refractivity contribution in [2.75, 3.05) is 6.26 Å². The Morgan fingerprint density at radius 1 is 1.12 bits per heavy atom. The quantitative estimate of drug-likeness (QED) is 0.584. The van der Waals surface area contributed by atoms with Crippen LogP contribution in [-0.4, -0.2) is 14.7 Å². The Bertz CT molecular complexity index is 972. The second-order valence-electron chi connectivity index (χ2n) is 7.52. The summed E-state index contributed by atoms with van der Waals surface area (Å²) in [5, 5.41) is 0.112. The van der Waals surface area contributed by atoms with E-state index in [9.17, 15) is 12.8 Å². The molecule has 0 bridgehead atoms. The molecule has 0 unspecified atom stereocenters. The highest BCUT2D eigenvalue weighted by Crippen LogP contribution is 2.52. The lowest BCUT2D eigenvalue weighted by atomic mass is 9.87. The zero-order valence-corrected chi connectivity index (χ0v) is 16.7. The van der Waals surface area contributed by atoms with Crippen LogP contribution in [0.4, 0.5) is 4.39 Å². The van der Waals surface area contributed by atoms with Gasteiger partial charge in [-0.3, -0.25) is 0 Å². The Kier molecular flexibility index (Phi) is 5.02. The first kappa shape index (κ1) is 19.1. The maximum absolute atomic E-state index is 13.6. The highest BCUT2D eigenvalue weighted by atomic mass is 35.5. The van der Waals surface area contributed by atoms with Crippen LogP contribution in [0.15, 0.2) is 47.4 Å². The standard InChI is InChI=1S/C21H22ClFO2S/c1-14(15-4-7-17(8-5-15)26(3,24)25)18(13-21(2)10-11-21)16-6-9-20(23)19(22)12-16/h4-9,12H,10-11,13H2,1-3H3/b18-14-. The van der Waals surface area contributed by atoms with Crippen LogP contribution in [0, 0.1) is 11.2 Å². The van der Waals surface area contributed by atoms with E-state index in [0.717, 1.165) is 28.7 Å². The van der Waals surface area contributed by atoms with Crippen molar-refractivity contribution < 1.29 is 12.8 Å². The van der Waals surface area contributed by atoms with E-state index in [2.05, 4.69) is 6.92 Å². The average Bonchev–Trinajstić information content (AvgIpc) is 3.31. The molecular weight excluding hydrogens is 371 g/mol. The summed E-state index contributed by atoms with van der Waals surface area (Å²) in [6.45, 7) is 4.27. The van der Waals surface area contributed by atoms with Crippen LogP contribution in [-0.2, 0) is 9.84 Å². The summed E-state index contributed by atoms with van der Waals surface area (Å²) < 4.78 is 36.9. The lowest BCUT2D eigenvalue weighted by Gasteiger charge is -2.18. The minimum absolute atomic E-state index is 0.112. The molecular formula is C21H22ClFO2S. The fourth-order valence-corrected chi connectivity index (χ4v) is 3.89. The summed E-state index contributed by atoms with van der Waals surface area (Å²) in [5.74, 6) is -0.428. The molecule has 1 aliphatic carbocycles. The van der Waals surface area contributed by atoms with Gasteiger partial charge in [0.2, 0.25) is 0 Å². The summed E-state index contributed by atoms with van der Waals surface area (Å²) in [5.41, 5.74) is 4.32. The predicted octanol–water partition coefficient (Wildman–Crippen LogP) is 6.00. The molecule has 0 amide bonds. The number of hydrogen-bond acceptors (Lipinski definition) is 2. The number of hydrogen-bond donors (Lipinski definition) is 0. The Hall–Kier alpha value is -1.65. The van der Waals surface area contributed by atoms with Crippen LogP contribution in [0.25, 0.3) is 11.1 Å². The van der Waals surface area contributed by atoms with E-state index in [1.807, 2.05) is 19.1 Å². The molecule has 1 fully saturated rings. The summed E-state index contributed by atoms with van der Waals surface area (Å²) in [6, 6.07) is 11.7. The molecule has 0 saturated heterocycles. The molecule has 1 aliphatic rings. The van der Waals surface area contributed by atoms with Crippen molar-refractivity contribution in [1.82, 2.24) is 0 Å². The van der Waals surface area contributed by atoms with Crippen molar-refractivity contribution in [1.29, 1.82) is 0 Å². The van der Waals surface area contributed by atoms with Crippen LogP contribution >= 0.6 is 11.6 Å².